The number of hydrogen-bond acceptors (Lipinski definition) is 4. The molecule has 0 heterocycles. The van der Waals surface area contributed by atoms with Crippen LogP contribution in [0.4, 0.5) is 21.5 Å². The first-order valence-electron chi connectivity index (χ1n) is 5.83. The predicted octanol–water partition coefficient (Wildman–Crippen LogP) is 2.81. The molecule has 8 heteroatoms. The molecular formula is C13H11FN4O2S. The summed E-state index contributed by atoms with van der Waals surface area (Å²) in [6.45, 7) is 0. The third-order valence-electron chi connectivity index (χ3n) is 2.62. The smallest absolute Gasteiger partial charge is 0.269 e. The van der Waals surface area contributed by atoms with E-state index in [9.17, 15) is 14.5 Å². The highest BCUT2D eigenvalue weighted by Gasteiger charge is 2.11. The normalized spacial score (nSPS) is 9.95. The summed E-state index contributed by atoms with van der Waals surface area (Å²) < 4.78 is 12.9. The molecule has 0 saturated carbocycles. The number of non-ortho nitro benzene ring substituents is 1. The molecule has 0 bridgehead atoms. The molecule has 0 unspecified atom stereocenters. The number of hydrogen-bond donors (Lipinski definition) is 2. The Bertz CT molecular complexity index is 661. The maximum atomic E-state index is 12.9. The van der Waals surface area contributed by atoms with Crippen molar-refractivity contribution in [2.24, 2.45) is 5.73 Å². The van der Waals surface area contributed by atoms with Crippen LogP contribution in [0.15, 0.2) is 48.5 Å². The maximum absolute atomic E-state index is 12.9. The number of rotatable bonds is 4. The van der Waals surface area contributed by atoms with Crippen LogP contribution >= 0.6 is 12.2 Å². The Hall–Kier alpha value is -2.74. The summed E-state index contributed by atoms with van der Waals surface area (Å²) in [5.41, 5.74) is 9.60. The van der Waals surface area contributed by atoms with Gasteiger partial charge in [-0.2, -0.15) is 0 Å². The van der Waals surface area contributed by atoms with Crippen LogP contribution in [0, 0.1) is 15.9 Å². The number of anilines is 2. The van der Waals surface area contributed by atoms with E-state index in [0.29, 0.717) is 11.4 Å². The molecule has 0 aliphatic heterocycles. The number of nitrogens with one attached hydrogen (secondary N) is 1. The molecular weight excluding hydrogens is 295 g/mol. The molecule has 2 rings (SSSR count). The van der Waals surface area contributed by atoms with Crippen LogP contribution in [0.2, 0.25) is 0 Å². The first-order valence-corrected chi connectivity index (χ1v) is 6.24. The summed E-state index contributed by atoms with van der Waals surface area (Å²) in [7, 11) is 0. The number of nitro groups is 1. The minimum absolute atomic E-state index is 0.0239. The van der Waals surface area contributed by atoms with Crippen LogP contribution in [0.3, 0.4) is 0 Å². The molecule has 0 aliphatic carbocycles. The predicted molar refractivity (Wildman–Crippen MR) is 82.4 cm³/mol. The Balaban J connectivity index is 2.22. The molecule has 2 aromatic carbocycles. The molecule has 2 aromatic rings. The lowest BCUT2D eigenvalue weighted by Crippen LogP contribution is -2.40. The van der Waals surface area contributed by atoms with Gasteiger partial charge in [0.15, 0.2) is 5.11 Å². The molecule has 108 valence electrons. The van der Waals surface area contributed by atoms with E-state index in [1.165, 1.54) is 53.5 Å². The Morgan fingerprint density at radius 2 is 1.76 bits per heavy atom. The average Bonchev–Trinajstić information content (AvgIpc) is 2.46. The van der Waals surface area contributed by atoms with Crippen molar-refractivity contribution in [3.8, 4) is 0 Å². The third kappa shape index (κ3) is 3.63. The third-order valence-corrected chi connectivity index (χ3v) is 2.81. The van der Waals surface area contributed by atoms with Crippen molar-refractivity contribution >= 4 is 34.4 Å². The Kier molecular flexibility index (Phi) is 4.29. The SMILES string of the molecule is NC(=S)N(Nc1ccc([N+](=O)[O-])cc1)c1ccc(F)cc1. The lowest BCUT2D eigenvalue weighted by Gasteiger charge is -2.24. The van der Waals surface area contributed by atoms with E-state index in [2.05, 4.69) is 5.43 Å². The second-order valence-corrected chi connectivity index (χ2v) is 4.48. The van der Waals surface area contributed by atoms with E-state index < -0.39 is 4.92 Å². The van der Waals surface area contributed by atoms with Gasteiger partial charge in [-0.1, -0.05) is 0 Å². The zero-order chi connectivity index (χ0) is 15.4. The fraction of sp³-hybridized carbons (Fsp3) is 0. The highest BCUT2D eigenvalue weighted by Crippen LogP contribution is 2.19. The average molecular weight is 306 g/mol. The van der Waals surface area contributed by atoms with Gasteiger partial charge in [-0.3, -0.25) is 15.5 Å². The molecule has 21 heavy (non-hydrogen) atoms. The van der Waals surface area contributed by atoms with E-state index in [1.807, 2.05) is 0 Å². The van der Waals surface area contributed by atoms with Crippen LogP contribution in [-0.4, -0.2) is 10.0 Å². The van der Waals surface area contributed by atoms with Crippen molar-refractivity contribution in [1.82, 2.24) is 0 Å². The highest BCUT2D eigenvalue weighted by atomic mass is 32.1. The molecule has 0 aromatic heterocycles. The number of benzene rings is 2. The number of nitro benzene ring substituents is 1. The summed E-state index contributed by atoms with van der Waals surface area (Å²) in [6.07, 6.45) is 0. The van der Waals surface area contributed by atoms with Crippen molar-refractivity contribution in [3.63, 3.8) is 0 Å². The minimum Gasteiger partial charge on any atom is -0.374 e. The van der Waals surface area contributed by atoms with Gasteiger partial charge in [0.05, 0.1) is 16.3 Å². The van der Waals surface area contributed by atoms with Gasteiger partial charge in [0, 0.05) is 12.1 Å². The second-order valence-electron chi connectivity index (χ2n) is 4.07. The molecule has 0 fully saturated rings. The zero-order valence-corrected chi connectivity index (χ0v) is 11.5. The standard InChI is InChI=1S/C13H11FN4O2S/c14-9-1-5-11(6-2-9)17(13(15)21)16-10-3-7-12(8-4-10)18(19)20/h1-8,16H,(H2,15,21). The first kappa shape index (κ1) is 14.7. The van der Waals surface area contributed by atoms with Gasteiger partial charge in [-0.05, 0) is 48.6 Å². The topological polar surface area (TPSA) is 84.4 Å². The monoisotopic (exact) mass is 306 g/mol. The summed E-state index contributed by atoms with van der Waals surface area (Å²) in [4.78, 5) is 10.1. The molecule has 0 spiro atoms. The molecule has 0 atom stereocenters. The van der Waals surface area contributed by atoms with Crippen molar-refractivity contribution < 1.29 is 9.31 Å². The van der Waals surface area contributed by atoms with E-state index in [0.717, 1.165) is 0 Å². The summed E-state index contributed by atoms with van der Waals surface area (Å²) in [5, 5.41) is 12.0. The molecule has 3 N–H and O–H groups in total. The van der Waals surface area contributed by atoms with Gasteiger partial charge < -0.3 is 5.73 Å². The van der Waals surface area contributed by atoms with Crippen molar-refractivity contribution in [1.29, 1.82) is 0 Å². The zero-order valence-electron chi connectivity index (χ0n) is 10.7. The minimum atomic E-state index is -0.491. The maximum Gasteiger partial charge on any atom is 0.269 e. The molecule has 0 saturated heterocycles. The number of nitrogens with two attached hydrogens (primary N) is 1. The highest BCUT2D eigenvalue weighted by molar-refractivity contribution is 7.80. The van der Waals surface area contributed by atoms with Crippen molar-refractivity contribution in [3.05, 3.63) is 64.5 Å². The van der Waals surface area contributed by atoms with Crippen LogP contribution in [0.1, 0.15) is 0 Å². The molecule has 0 aliphatic rings. The summed E-state index contributed by atoms with van der Waals surface area (Å²) >= 11 is 4.94. The van der Waals surface area contributed by atoms with Crippen LogP contribution in [0.25, 0.3) is 0 Å². The van der Waals surface area contributed by atoms with Crippen LogP contribution < -0.4 is 16.2 Å². The van der Waals surface area contributed by atoms with Crippen molar-refractivity contribution in [2.75, 3.05) is 10.4 Å². The van der Waals surface area contributed by atoms with E-state index in [1.54, 1.807) is 0 Å². The van der Waals surface area contributed by atoms with Gasteiger partial charge in [0.25, 0.3) is 5.69 Å². The van der Waals surface area contributed by atoms with E-state index in [-0.39, 0.29) is 16.6 Å². The van der Waals surface area contributed by atoms with Crippen LogP contribution in [-0.2, 0) is 0 Å². The molecule has 6 nitrogen and oxygen atoms in total. The second kappa shape index (κ2) is 6.14. The fourth-order valence-corrected chi connectivity index (χ4v) is 1.77. The van der Waals surface area contributed by atoms with Gasteiger partial charge in [-0.25, -0.2) is 9.40 Å². The largest absolute Gasteiger partial charge is 0.374 e. The lowest BCUT2D eigenvalue weighted by atomic mass is 10.3. The van der Waals surface area contributed by atoms with E-state index in [4.69, 9.17) is 18.0 Å². The summed E-state index contributed by atoms with van der Waals surface area (Å²) in [6, 6.07) is 11.3. The van der Waals surface area contributed by atoms with Crippen LogP contribution in [0.5, 0.6) is 0 Å². The Labute approximate surface area is 125 Å². The first-order chi connectivity index (χ1) is 9.97. The Morgan fingerprint density at radius 3 is 2.24 bits per heavy atom. The van der Waals surface area contributed by atoms with Gasteiger partial charge in [0.1, 0.15) is 5.82 Å². The number of thiocarbonyl (C=S) groups is 1. The van der Waals surface area contributed by atoms with E-state index >= 15 is 0 Å². The fourth-order valence-electron chi connectivity index (χ4n) is 1.62. The lowest BCUT2D eigenvalue weighted by molar-refractivity contribution is -0.384. The van der Waals surface area contributed by atoms with Gasteiger partial charge in [0.2, 0.25) is 0 Å². The number of halogens is 1. The Morgan fingerprint density at radius 1 is 1.19 bits per heavy atom. The molecule has 0 amide bonds. The number of hydrazine groups is 1. The van der Waals surface area contributed by atoms with Crippen molar-refractivity contribution in [2.45, 2.75) is 0 Å². The number of nitrogens with zero attached hydrogens (tertiary/aromatic N) is 2. The molecule has 0 radical (unpaired) electrons. The van der Waals surface area contributed by atoms with Gasteiger partial charge >= 0.3 is 0 Å². The summed E-state index contributed by atoms with van der Waals surface area (Å²) in [5.74, 6) is -0.378. The van der Waals surface area contributed by atoms with Gasteiger partial charge in [-0.15, -0.1) is 0 Å². The quantitative estimate of drug-likeness (QED) is 0.513.